The maximum Gasteiger partial charge on any atom is 0.244 e. The van der Waals surface area contributed by atoms with Crippen molar-refractivity contribution in [1.82, 2.24) is 9.55 Å². The zero-order chi connectivity index (χ0) is 14.7. The molecule has 0 saturated heterocycles. The molecule has 0 bridgehead atoms. The second kappa shape index (κ2) is 5.96. The van der Waals surface area contributed by atoms with Gasteiger partial charge in [0, 0.05) is 23.3 Å². The molecule has 0 aliphatic rings. The van der Waals surface area contributed by atoms with E-state index in [1.54, 1.807) is 30.6 Å². The molecule has 2 aromatic rings. The highest BCUT2D eigenvalue weighted by atomic mass is 35.5. The number of hydrogen-bond acceptors (Lipinski definition) is 3. The minimum Gasteiger partial charge on any atom is -0.397 e. The fraction of sp³-hybridized carbons (Fsp3) is 0.286. The van der Waals surface area contributed by atoms with Gasteiger partial charge in [-0.05, 0) is 18.2 Å². The number of carbonyl (C=O) groups is 1. The Hall–Kier alpha value is -2.01. The lowest BCUT2D eigenvalue weighted by molar-refractivity contribution is -0.116. The van der Waals surface area contributed by atoms with E-state index in [4.69, 9.17) is 17.3 Å². The molecule has 106 valence electrons. The van der Waals surface area contributed by atoms with Crippen molar-refractivity contribution in [3.8, 4) is 0 Å². The molecule has 2 rings (SSSR count). The van der Waals surface area contributed by atoms with E-state index in [9.17, 15) is 4.79 Å². The second-order valence-electron chi connectivity index (χ2n) is 4.85. The van der Waals surface area contributed by atoms with Crippen LogP contribution in [0.1, 0.15) is 25.6 Å². The summed E-state index contributed by atoms with van der Waals surface area (Å²) in [5.41, 5.74) is 6.80. The average molecular weight is 293 g/mol. The summed E-state index contributed by atoms with van der Waals surface area (Å²) in [7, 11) is 0. The van der Waals surface area contributed by atoms with Crippen molar-refractivity contribution in [2.45, 2.75) is 26.3 Å². The Morgan fingerprint density at radius 3 is 2.95 bits per heavy atom. The van der Waals surface area contributed by atoms with Crippen molar-refractivity contribution in [3.05, 3.63) is 41.4 Å². The minimum absolute atomic E-state index is 0.168. The van der Waals surface area contributed by atoms with Crippen LogP contribution in [-0.4, -0.2) is 15.5 Å². The maximum absolute atomic E-state index is 12.1. The summed E-state index contributed by atoms with van der Waals surface area (Å²) in [6, 6.07) is 4.97. The van der Waals surface area contributed by atoms with Crippen molar-refractivity contribution in [1.29, 1.82) is 0 Å². The summed E-state index contributed by atoms with van der Waals surface area (Å²) >= 11 is 5.89. The Labute approximate surface area is 122 Å². The van der Waals surface area contributed by atoms with Crippen molar-refractivity contribution < 1.29 is 4.79 Å². The van der Waals surface area contributed by atoms with E-state index in [1.807, 2.05) is 18.4 Å². The van der Waals surface area contributed by atoms with Crippen LogP contribution < -0.4 is 11.1 Å². The van der Waals surface area contributed by atoms with Gasteiger partial charge >= 0.3 is 0 Å². The number of benzene rings is 1. The fourth-order valence-electron chi connectivity index (χ4n) is 1.94. The number of amides is 1. The molecule has 0 spiro atoms. The zero-order valence-electron chi connectivity index (χ0n) is 11.4. The number of aromatic nitrogens is 2. The molecule has 0 aliphatic carbocycles. The monoisotopic (exact) mass is 292 g/mol. The van der Waals surface area contributed by atoms with E-state index in [1.165, 1.54) is 0 Å². The molecule has 0 atom stereocenters. The van der Waals surface area contributed by atoms with Crippen LogP contribution in [0.4, 0.5) is 11.4 Å². The third kappa shape index (κ3) is 3.30. The summed E-state index contributed by atoms with van der Waals surface area (Å²) in [5, 5.41) is 3.29. The maximum atomic E-state index is 12.1. The molecule has 3 N–H and O–H groups in total. The van der Waals surface area contributed by atoms with Crippen LogP contribution >= 0.6 is 11.6 Å². The third-order valence-electron chi connectivity index (χ3n) is 2.87. The van der Waals surface area contributed by atoms with E-state index >= 15 is 0 Å². The molecule has 1 heterocycles. The van der Waals surface area contributed by atoms with Gasteiger partial charge in [0.25, 0.3) is 0 Å². The fourth-order valence-corrected chi connectivity index (χ4v) is 2.11. The number of imidazole rings is 1. The van der Waals surface area contributed by atoms with Crippen LogP contribution in [0.5, 0.6) is 0 Å². The van der Waals surface area contributed by atoms with Gasteiger partial charge in [-0.2, -0.15) is 0 Å². The number of nitrogen functional groups attached to an aromatic ring is 1. The number of hydrogen-bond donors (Lipinski definition) is 2. The molecule has 5 nitrogen and oxygen atoms in total. The third-order valence-corrected chi connectivity index (χ3v) is 3.10. The molecule has 1 amide bonds. The van der Waals surface area contributed by atoms with Crippen LogP contribution in [0.3, 0.4) is 0 Å². The zero-order valence-corrected chi connectivity index (χ0v) is 12.2. The largest absolute Gasteiger partial charge is 0.397 e. The number of anilines is 2. The van der Waals surface area contributed by atoms with Gasteiger partial charge in [0.15, 0.2) is 0 Å². The van der Waals surface area contributed by atoms with Crippen molar-refractivity contribution in [3.63, 3.8) is 0 Å². The Kier molecular flexibility index (Phi) is 4.29. The SMILES string of the molecule is CC(C)c1nccn1CC(=O)Nc1cc(Cl)ccc1N. The Balaban J connectivity index is 2.09. The topological polar surface area (TPSA) is 72.9 Å². The second-order valence-corrected chi connectivity index (χ2v) is 5.28. The predicted octanol–water partition coefficient (Wildman–Crippen LogP) is 2.88. The molecule has 0 fully saturated rings. The normalized spacial score (nSPS) is 10.8. The van der Waals surface area contributed by atoms with E-state index in [-0.39, 0.29) is 18.4 Å². The first-order chi connectivity index (χ1) is 9.47. The Bertz CT molecular complexity index is 621. The Morgan fingerprint density at radius 1 is 1.50 bits per heavy atom. The van der Waals surface area contributed by atoms with Crippen molar-refractivity contribution in [2.75, 3.05) is 11.1 Å². The predicted molar refractivity (Wildman–Crippen MR) is 80.8 cm³/mol. The first-order valence-electron chi connectivity index (χ1n) is 6.33. The van der Waals surface area contributed by atoms with E-state index in [0.717, 1.165) is 5.82 Å². The van der Waals surface area contributed by atoms with Crippen LogP contribution in [-0.2, 0) is 11.3 Å². The lowest BCUT2D eigenvalue weighted by atomic mass is 10.2. The van der Waals surface area contributed by atoms with Gasteiger partial charge in [0.05, 0.1) is 11.4 Å². The lowest BCUT2D eigenvalue weighted by Crippen LogP contribution is -2.20. The molecule has 1 aromatic carbocycles. The van der Waals surface area contributed by atoms with Crippen LogP contribution in [0, 0.1) is 0 Å². The first kappa shape index (κ1) is 14.4. The molecule has 0 unspecified atom stereocenters. The molecular weight excluding hydrogens is 276 g/mol. The highest BCUT2D eigenvalue weighted by molar-refractivity contribution is 6.31. The van der Waals surface area contributed by atoms with Gasteiger partial charge in [-0.15, -0.1) is 0 Å². The van der Waals surface area contributed by atoms with Gasteiger partial charge in [-0.3, -0.25) is 4.79 Å². The summed E-state index contributed by atoms with van der Waals surface area (Å²) in [5.74, 6) is 0.965. The van der Waals surface area contributed by atoms with Gasteiger partial charge in [0.1, 0.15) is 12.4 Å². The molecule has 1 aromatic heterocycles. The molecule has 20 heavy (non-hydrogen) atoms. The smallest absolute Gasteiger partial charge is 0.244 e. The highest BCUT2D eigenvalue weighted by Gasteiger charge is 2.11. The average Bonchev–Trinajstić information content (AvgIpc) is 2.82. The summed E-state index contributed by atoms with van der Waals surface area (Å²) < 4.78 is 1.82. The number of nitrogens with zero attached hydrogens (tertiary/aromatic N) is 2. The number of carbonyl (C=O) groups excluding carboxylic acids is 1. The standard InChI is InChI=1S/C14H17ClN4O/c1-9(2)14-17-5-6-19(14)8-13(20)18-12-7-10(15)3-4-11(12)16/h3-7,9H,8,16H2,1-2H3,(H,18,20). The van der Waals surface area contributed by atoms with Gasteiger partial charge < -0.3 is 15.6 Å². The van der Waals surface area contributed by atoms with Crippen LogP contribution in [0.2, 0.25) is 5.02 Å². The van der Waals surface area contributed by atoms with Gasteiger partial charge in [0.2, 0.25) is 5.91 Å². The number of rotatable bonds is 4. The molecule has 0 radical (unpaired) electrons. The quantitative estimate of drug-likeness (QED) is 0.851. The molecular formula is C14H17ClN4O. The Morgan fingerprint density at radius 2 is 2.25 bits per heavy atom. The van der Waals surface area contributed by atoms with Gasteiger partial charge in [-0.1, -0.05) is 25.4 Å². The van der Waals surface area contributed by atoms with Crippen molar-refractivity contribution in [2.24, 2.45) is 0 Å². The van der Waals surface area contributed by atoms with Crippen LogP contribution in [0.25, 0.3) is 0 Å². The van der Waals surface area contributed by atoms with Crippen molar-refractivity contribution >= 4 is 28.9 Å². The molecule has 6 heteroatoms. The summed E-state index contributed by atoms with van der Waals surface area (Å²) in [4.78, 5) is 16.3. The number of halogens is 1. The van der Waals surface area contributed by atoms with E-state index in [2.05, 4.69) is 10.3 Å². The van der Waals surface area contributed by atoms with E-state index in [0.29, 0.717) is 16.4 Å². The van der Waals surface area contributed by atoms with Crippen LogP contribution in [0.15, 0.2) is 30.6 Å². The number of nitrogens with two attached hydrogens (primary N) is 1. The summed E-state index contributed by atoms with van der Waals surface area (Å²) in [6.45, 7) is 4.26. The van der Waals surface area contributed by atoms with E-state index < -0.39 is 0 Å². The summed E-state index contributed by atoms with van der Waals surface area (Å²) in [6.07, 6.45) is 3.48. The number of nitrogens with one attached hydrogen (secondary N) is 1. The lowest BCUT2D eigenvalue weighted by Gasteiger charge is -2.12. The molecule has 0 saturated carbocycles. The minimum atomic E-state index is -0.168. The molecule has 0 aliphatic heterocycles. The van der Waals surface area contributed by atoms with Gasteiger partial charge in [-0.25, -0.2) is 4.98 Å². The highest BCUT2D eigenvalue weighted by Crippen LogP contribution is 2.23. The first-order valence-corrected chi connectivity index (χ1v) is 6.71.